The van der Waals surface area contributed by atoms with E-state index in [0.29, 0.717) is 32.7 Å². The molecule has 0 radical (unpaired) electrons. The summed E-state index contributed by atoms with van der Waals surface area (Å²) in [7, 11) is 2.98. The highest BCUT2D eigenvalue weighted by atomic mass is 32.2. The molecule has 5 aromatic rings. The number of fused-ring (bicyclic) bond motifs is 1. The second kappa shape index (κ2) is 11.6. The summed E-state index contributed by atoms with van der Waals surface area (Å²) >= 11 is 2.71. The van der Waals surface area contributed by atoms with Crippen LogP contribution in [0.3, 0.4) is 0 Å². The van der Waals surface area contributed by atoms with Gasteiger partial charge in [-0.25, -0.2) is 0 Å². The Morgan fingerprint density at radius 3 is 2.57 bits per heavy atom. The van der Waals surface area contributed by atoms with Crippen molar-refractivity contribution >= 4 is 56.5 Å². The van der Waals surface area contributed by atoms with Crippen LogP contribution >= 0.6 is 23.1 Å². The highest BCUT2D eigenvalue weighted by Crippen LogP contribution is 2.44. The van der Waals surface area contributed by atoms with Crippen molar-refractivity contribution in [2.45, 2.75) is 16.1 Å². The van der Waals surface area contributed by atoms with E-state index >= 15 is 0 Å². The molecule has 0 aliphatic carbocycles. The van der Waals surface area contributed by atoms with E-state index in [-0.39, 0.29) is 16.5 Å². The first-order valence-corrected chi connectivity index (χ1v) is 14.7. The number of methoxy groups -OCH3 is 2. The van der Waals surface area contributed by atoms with Crippen LogP contribution in [0.25, 0.3) is 16.5 Å². The Hall–Kier alpha value is -4.74. The average Bonchev–Trinajstić information content (AvgIpc) is 3.61. The fourth-order valence-electron chi connectivity index (χ4n) is 4.94. The van der Waals surface area contributed by atoms with E-state index in [1.54, 1.807) is 42.7 Å². The van der Waals surface area contributed by atoms with Gasteiger partial charge in [0.05, 0.1) is 25.8 Å². The molecule has 1 aliphatic heterocycles. The largest absolute Gasteiger partial charge is 0.507 e. The number of benzene rings is 3. The highest BCUT2D eigenvalue weighted by molar-refractivity contribution is 8.00. The number of aliphatic hydroxyl groups excluding tert-OH is 1. The van der Waals surface area contributed by atoms with E-state index in [1.165, 1.54) is 42.2 Å². The molecule has 42 heavy (non-hydrogen) atoms. The van der Waals surface area contributed by atoms with Crippen molar-refractivity contribution in [3.63, 3.8) is 0 Å². The van der Waals surface area contributed by atoms with Gasteiger partial charge in [-0.15, -0.1) is 10.2 Å². The van der Waals surface area contributed by atoms with Crippen molar-refractivity contribution in [3.05, 3.63) is 107 Å². The van der Waals surface area contributed by atoms with Crippen LogP contribution in [0.5, 0.6) is 11.5 Å². The van der Waals surface area contributed by atoms with Gasteiger partial charge in [-0.05, 0) is 46.2 Å². The van der Waals surface area contributed by atoms with Gasteiger partial charge in [-0.1, -0.05) is 71.6 Å². The first-order valence-electron chi connectivity index (χ1n) is 12.9. The third-order valence-electron chi connectivity index (χ3n) is 6.93. The zero-order valence-electron chi connectivity index (χ0n) is 22.6. The molecule has 1 saturated heterocycles. The molecule has 2 aromatic heterocycles. The minimum Gasteiger partial charge on any atom is -0.507 e. The Morgan fingerprint density at radius 1 is 0.976 bits per heavy atom. The summed E-state index contributed by atoms with van der Waals surface area (Å²) < 4.78 is 11.3. The predicted molar refractivity (Wildman–Crippen MR) is 162 cm³/mol. The molecule has 1 amide bonds. The van der Waals surface area contributed by atoms with Crippen LogP contribution < -0.4 is 14.4 Å². The fourth-order valence-corrected chi connectivity index (χ4v) is 6.81. The van der Waals surface area contributed by atoms with Gasteiger partial charge in [0.15, 0.2) is 15.8 Å². The van der Waals surface area contributed by atoms with Crippen LogP contribution in [0.1, 0.15) is 22.7 Å². The molecule has 1 atom stereocenters. The molecule has 1 fully saturated rings. The third kappa shape index (κ3) is 4.97. The summed E-state index contributed by atoms with van der Waals surface area (Å²) in [6.07, 6.45) is 3.15. The van der Waals surface area contributed by atoms with E-state index in [1.807, 2.05) is 18.2 Å². The van der Waals surface area contributed by atoms with Gasteiger partial charge in [-0.2, -0.15) is 0 Å². The van der Waals surface area contributed by atoms with E-state index in [0.717, 1.165) is 16.3 Å². The minimum absolute atomic E-state index is 0.0830. The van der Waals surface area contributed by atoms with Crippen molar-refractivity contribution in [3.8, 4) is 11.5 Å². The normalized spacial score (nSPS) is 16.2. The summed E-state index contributed by atoms with van der Waals surface area (Å²) in [5.41, 5.74) is 1.91. The standard InChI is InChI=1S/C31H24N4O5S2/c1-39-23-13-12-19(15-24(23)40-2)27(36)25-26(20-10-6-14-32-16-20)35(29(38)28(25)37)30-33-34-31(42-30)41-17-21-9-5-8-18-7-3-4-11-22(18)21/h3-16,26,36H,17H2,1-2H3. The number of ether oxygens (including phenoxy) is 2. The van der Waals surface area contributed by atoms with Crippen molar-refractivity contribution in [1.82, 2.24) is 15.2 Å². The smallest absolute Gasteiger partial charge is 0.301 e. The van der Waals surface area contributed by atoms with E-state index < -0.39 is 17.7 Å². The summed E-state index contributed by atoms with van der Waals surface area (Å²) in [6, 6.07) is 21.6. The van der Waals surface area contributed by atoms with Gasteiger partial charge >= 0.3 is 5.91 Å². The van der Waals surface area contributed by atoms with E-state index in [2.05, 4.69) is 39.4 Å². The van der Waals surface area contributed by atoms with Crippen LogP contribution in [0.15, 0.2) is 95.1 Å². The molecule has 1 aliphatic rings. The number of aliphatic hydroxyl groups is 1. The lowest BCUT2D eigenvalue weighted by atomic mass is 9.96. The summed E-state index contributed by atoms with van der Waals surface area (Å²) in [4.78, 5) is 32.4. The van der Waals surface area contributed by atoms with Crippen LogP contribution in [0, 0.1) is 0 Å². The first-order chi connectivity index (χ1) is 20.5. The lowest BCUT2D eigenvalue weighted by Gasteiger charge is -2.22. The number of nitrogens with zero attached hydrogens (tertiary/aromatic N) is 4. The SMILES string of the molecule is COc1ccc(C(O)=C2C(=O)C(=O)N(c3nnc(SCc4cccc5ccccc45)s3)C2c2cccnc2)cc1OC. The Balaban J connectivity index is 1.36. The lowest BCUT2D eigenvalue weighted by molar-refractivity contribution is -0.132. The average molecular weight is 597 g/mol. The van der Waals surface area contributed by atoms with Gasteiger partial charge < -0.3 is 14.6 Å². The fraction of sp³-hybridized carbons (Fsp3) is 0.129. The second-order valence-electron chi connectivity index (χ2n) is 9.30. The summed E-state index contributed by atoms with van der Waals surface area (Å²) in [6.45, 7) is 0. The van der Waals surface area contributed by atoms with E-state index in [4.69, 9.17) is 9.47 Å². The Morgan fingerprint density at radius 2 is 1.79 bits per heavy atom. The number of amides is 1. The van der Waals surface area contributed by atoms with Gasteiger partial charge in [0.1, 0.15) is 5.76 Å². The molecule has 0 spiro atoms. The van der Waals surface area contributed by atoms with Crippen LogP contribution in [0.4, 0.5) is 5.13 Å². The number of hydrogen-bond acceptors (Lipinski definition) is 10. The monoisotopic (exact) mass is 596 g/mol. The zero-order valence-corrected chi connectivity index (χ0v) is 24.2. The van der Waals surface area contributed by atoms with Crippen molar-refractivity contribution in [2.75, 3.05) is 19.1 Å². The van der Waals surface area contributed by atoms with Crippen molar-refractivity contribution in [2.24, 2.45) is 0 Å². The summed E-state index contributed by atoms with van der Waals surface area (Å²) in [5, 5.41) is 22.6. The molecule has 0 bridgehead atoms. The van der Waals surface area contributed by atoms with Gasteiger partial charge in [-0.3, -0.25) is 19.5 Å². The number of pyridine rings is 1. The lowest BCUT2D eigenvalue weighted by Crippen LogP contribution is -2.29. The molecular weight excluding hydrogens is 572 g/mol. The molecule has 3 aromatic carbocycles. The number of rotatable bonds is 8. The van der Waals surface area contributed by atoms with Crippen LogP contribution in [-0.2, 0) is 15.3 Å². The van der Waals surface area contributed by atoms with Crippen LogP contribution in [0.2, 0.25) is 0 Å². The highest BCUT2D eigenvalue weighted by Gasteiger charge is 2.48. The van der Waals surface area contributed by atoms with Gasteiger partial charge in [0, 0.05) is 23.7 Å². The van der Waals surface area contributed by atoms with Gasteiger partial charge in [0.25, 0.3) is 5.78 Å². The number of Topliss-reactive ketones (excluding diaryl/α,β-unsaturated/α-hetero) is 1. The summed E-state index contributed by atoms with van der Waals surface area (Å²) in [5.74, 6) is -0.517. The molecule has 3 heterocycles. The maximum atomic E-state index is 13.5. The zero-order chi connectivity index (χ0) is 29.2. The number of anilines is 1. The van der Waals surface area contributed by atoms with Crippen LogP contribution in [-0.4, -0.2) is 46.2 Å². The molecule has 1 N–H and O–H groups in total. The molecule has 6 rings (SSSR count). The number of carbonyl (C=O) groups excluding carboxylic acids is 2. The van der Waals surface area contributed by atoms with Crippen molar-refractivity contribution < 1.29 is 24.2 Å². The predicted octanol–water partition coefficient (Wildman–Crippen LogP) is 6.02. The molecule has 11 heteroatoms. The number of thioether (sulfide) groups is 1. The maximum absolute atomic E-state index is 13.5. The first kappa shape index (κ1) is 27.4. The second-order valence-corrected chi connectivity index (χ2v) is 11.5. The Bertz CT molecular complexity index is 1830. The molecular formula is C31H24N4O5S2. The van der Waals surface area contributed by atoms with E-state index in [9.17, 15) is 14.7 Å². The Labute approximate surface area is 249 Å². The minimum atomic E-state index is -0.962. The maximum Gasteiger partial charge on any atom is 0.301 e. The van der Waals surface area contributed by atoms with Crippen molar-refractivity contribution in [1.29, 1.82) is 0 Å². The number of ketones is 1. The quantitative estimate of drug-likeness (QED) is 0.0755. The van der Waals surface area contributed by atoms with Gasteiger partial charge in [0.2, 0.25) is 5.13 Å². The molecule has 210 valence electrons. The molecule has 0 saturated carbocycles. The topological polar surface area (TPSA) is 115 Å². The molecule has 1 unspecified atom stereocenters. The Kier molecular flexibility index (Phi) is 7.60. The number of aromatic nitrogens is 3. The third-order valence-corrected chi connectivity index (χ3v) is 9.04. The number of hydrogen-bond donors (Lipinski definition) is 1. The number of carbonyl (C=O) groups is 2. The molecule has 9 nitrogen and oxygen atoms in total.